The van der Waals surface area contributed by atoms with E-state index >= 15 is 0 Å². The van der Waals surface area contributed by atoms with Crippen molar-refractivity contribution in [1.82, 2.24) is 0 Å². The van der Waals surface area contributed by atoms with Crippen LogP contribution in [0.2, 0.25) is 0 Å². The lowest BCUT2D eigenvalue weighted by Crippen LogP contribution is -2.35. The maximum Gasteiger partial charge on any atom is 0.130 e. The van der Waals surface area contributed by atoms with Crippen molar-refractivity contribution in [1.29, 1.82) is 0 Å². The van der Waals surface area contributed by atoms with Gasteiger partial charge < -0.3 is 4.79 Å². The molecule has 0 heterocycles. The minimum Gasteiger partial charge on any atom is -0.302 e. The summed E-state index contributed by atoms with van der Waals surface area (Å²) >= 11 is 0. The van der Waals surface area contributed by atoms with Crippen molar-refractivity contribution in [2.45, 2.75) is 18.8 Å². The third-order valence-electron chi connectivity index (χ3n) is 3.48. The Morgan fingerprint density at radius 2 is 2.19 bits per heavy atom. The van der Waals surface area contributed by atoms with Crippen LogP contribution in [0, 0.1) is 5.92 Å². The summed E-state index contributed by atoms with van der Waals surface area (Å²) in [5, 5.41) is 0. The first-order valence-electron chi connectivity index (χ1n) is 5.57. The molecule has 1 aliphatic carbocycles. The second-order valence-electron chi connectivity index (χ2n) is 4.48. The topological polar surface area (TPSA) is 17.1 Å². The molecular weight excluding hydrogens is 196 g/mol. The fraction of sp³-hybridized carbons (Fsp3) is 0.267. The van der Waals surface area contributed by atoms with Crippen LogP contribution in [0.15, 0.2) is 43.0 Å². The summed E-state index contributed by atoms with van der Waals surface area (Å²) in [7, 11) is 0. The van der Waals surface area contributed by atoms with Crippen molar-refractivity contribution >= 4 is 12.4 Å². The van der Waals surface area contributed by atoms with Gasteiger partial charge in [0.25, 0.3) is 0 Å². The Bertz CT molecular complexity index is 445. The van der Waals surface area contributed by atoms with Gasteiger partial charge in [0.1, 0.15) is 6.29 Å². The van der Waals surface area contributed by atoms with Crippen molar-refractivity contribution in [2.24, 2.45) is 5.92 Å². The first-order valence-corrected chi connectivity index (χ1v) is 5.57. The summed E-state index contributed by atoms with van der Waals surface area (Å²) in [6.45, 7) is 5.77. The Hall–Kier alpha value is -1.63. The highest BCUT2D eigenvalue weighted by molar-refractivity contribution is 5.76. The lowest BCUT2D eigenvalue weighted by Gasteiger charge is -2.35. The molecule has 0 aromatic heterocycles. The molecule has 1 heteroatoms. The van der Waals surface area contributed by atoms with E-state index in [4.69, 9.17) is 0 Å². The lowest BCUT2D eigenvalue weighted by atomic mass is 9.67. The number of aldehydes is 1. The summed E-state index contributed by atoms with van der Waals surface area (Å²) in [5.41, 5.74) is 1.86. The van der Waals surface area contributed by atoms with Crippen LogP contribution >= 0.6 is 0 Å². The molecule has 0 fully saturated rings. The fourth-order valence-electron chi connectivity index (χ4n) is 2.41. The number of benzene rings is 1. The minimum absolute atomic E-state index is 0.220. The van der Waals surface area contributed by atoms with Gasteiger partial charge in [0.2, 0.25) is 0 Å². The lowest BCUT2D eigenvalue weighted by molar-refractivity contribution is -0.113. The van der Waals surface area contributed by atoms with Gasteiger partial charge in [-0.15, -0.1) is 6.58 Å². The van der Waals surface area contributed by atoms with Crippen LogP contribution in [-0.4, -0.2) is 6.29 Å². The fourth-order valence-corrected chi connectivity index (χ4v) is 2.41. The molecule has 1 aromatic carbocycles. The summed E-state index contributed by atoms with van der Waals surface area (Å²) in [6.07, 6.45) is 8.02. The van der Waals surface area contributed by atoms with E-state index in [2.05, 4.69) is 24.8 Å². The van der Waals surface area contributed by atoms with Crippen LogP contribution in [0.3, 0.4) is 0 Å². The molecule has 0 saturated carbocycles. The third kappa shape index (κ3) is 1.53. The van der Waals surface area contributed by atoms with Gasteiger partial charge in [0.05, 0.1) is 5.41 Å². The van der Waals surface area contributed by atoms with Gasteiger partial charge in [-0.1, -0.05) is 42.5 Å². The summed E-state index contributed by atoms with van der Waals surface area (Å²) in [4.78, 5) is 11.5. The maximum absolute atomic E-state index is 11.5. The highest BCUT2D eigenvalue weighted by Gasteiger charge is 2.36. The van der Waals surface area contributed by atoms with Crippen molar-refractivity contribution in [3.63, 3.8) is 0 Å². The van der Waals surface area contributed by atoms with Crippen LogP contribution in [0.4, 0.5) is 0 Å². The van der Waals surface area contributed by atoms with E-state index in [1.807, 2.05) is 31.2 Å². The molecule has 0 spiro atoms. The van der Waals surface area contributed by atoms with Gasteiger partial charge in [-0.2, -0.15) is 0 Å². The molecule has 2 rings (SSSR count). The molecule has 0 aliphatic heterocycles. The smallest absolute Gasteiger partial charge is 0.130 e. The number of hydrogen-bond acceptors (Lipinski definition) is 1. The predicted molar refractivity (Wildman–Crippen MR) is 67.2 cm³/mol. The van der Waals surface area contributed by atoms with Crippen LogP contribution in [0.5, 0.6) is 0 Å². The second-order valence-corrected chi connectivity index (χ2v) is 4.48. The molecule has 82 valence electrons. The van der Waals surface area contributed by atoms with Crippen LogP contribution < -0.4 is 0 Å². The number of carbonyl (C=O) groups is 1. The van der Waals surface area contributed by atoms with Gasteiger partial charge in [-0.3, -0.25) is 0 Å². The van der Waals surface area contributed by atoms with E-state index in [0.717, 1.165) is 23.8 Å². The zero-order valence-electron chi connectivity index (χ0n) is 9.52. The van der Waals surface area contributed by atoms with E-state index in [0.29, 0.717) is 0 Å². The molecule has 16 heavy (non-hydrogen) atoms. The molecular formula is C15H16O. The third-order valence-corrected chi connectivity index (χ3v) is 3.48. The van der Waals surface area contributed by atoms with E-state index in [9.17, 15) is 4.79 Å². The summed E-state index contributed by atoms with van der Waals surface area (Å²) < 4.78 is 0. The van der Waals surface area contributed by atoms with Crippen molar-refractivity contribution < 1.29 is 4.79 Å². The van der Waals surface area contributed by atoms with Gasteiger partial charge >= 0.3 is 0 Å². The average molecular weight is 212 g/mol. The van der Waals surface area contributed by atoms with E-state index in [-0.39, 0.29) is 5.92 Å². The standard InChI is InChI=1S/C15H16O/c1-3-6-13-10-9-12-7-4-5-8-14(12)15(13,2)11-16/h3-5,7-11,13H,1,6H2,2H3. The number of fused-ring (bicyclic) bond motifs is 1. The normalized spacial score (nSPS) is 27.2. The Morgan fingerprint density at radius 1 is 1.44 bits per heavy atom. The van der Waals surface area contributed by atoms with Gasteiger partial charge in [0, 0.05) is 0 Å². The molecule has 1 aromatic rings. The zero-order chi connectivity index (χ0) is 11.6. The van der Waals surface area contributed by atoms with E-state index < -0.39 is 5.41 Å². The Labute approximate surface area is 96.5 Å². The van der Waals surface area contributed by atoms with E-state index in [1.165, 1.54) is 0 Å². The Morgan fingerprint density at radius 3 is 2.88 bits per heavy atom. The number of allylic oxidation sites excluding steroid dienone is 2. The molecule has 1 nitrogen and oxygen atoms in total. The Balaban J connectivity index is 2.54. The SMILES string of the molecule is C=CCC1C=Cc2ccccc2C1(C)C=O. The quantitative estimate of drug-likeness (QED) is 0.554. The van der Waals surface area contributed by atoms with Gasteiger partial charge in [-0.25, -0.2) is 0 Å². The highest BCUT2D eigenvalue weighted by atomic mass is 16.1. The first-order chi connectivity index (χ1) is 7.72. The maximum atomic E-state index is 11.5. The molecule has 2 atom stereocenters. The number of rotatable bonds is 3. The second kappa shape index (κ2) is 4.09. The Kier molecular flexibility index (Phi) is 2.78. The largest absolute Gasteiger partial charge is 0.302 e. The molecule has 0 saturated heterocycles. The first kappa shape index (κ1) is 10.9. The molecule has 1 aliphatic rings. The average Bonchev–Trinajstić information content (AvgIpc) is 2.33. The van der Waals surface area contributed by atoms with Crippen molar-refractivity contribution in [2.75, 3.05) is 0 Å². The van der Waals surface area contributed by atoms with Crippen molar-refractivity contribution in [3.05, 3.63) is 54.1 Å². The van der Waals surface area contributed by atoms with Crippen LogP contribution in [0.25, 0.3) is 6.08 Å². The molecule has 0 amide bonds. The molecule has 2 unspecified atom stereocenters. The predicted octanol–water partition coefficient (Wildman–Crippen LogP) is 3.36. The van der Waals surface area contributed by atoms with E-state index in [1.54, 1.807) is 0 Å². The highest BCUT2D eigenvalue weighted by Crippen LogP contribution is 2.39. The molecule has 0 radical (unpaired) electrons. The summed E-state index contributed by atoms with van der Waals surface area (Å²) in [5.74, 6) is 0.220. The number of hydrogen-bond donors (Lipinski definition) is 0. The van der Waals surface area contributed by atoms with Crippen LogP contribution in [0.1, 0.15) is 24.5 Å². The monoisotopic (exact) mass is 212 g/mol. The van der Waals surface area contributed by atoms with Gasteiger partial charge in [-0.05, 0) is 30.4 Å². The summed E-state index contributed by atoms with van der Waals surface area (Å²) in [6, 6.07) is 8.09. The van der Waals surface area contributed by atoms with Gasteiger partial charge in [0.15, 0.2) is 0 Å². The zero-order valence-corrected chi connectivity index (χ0v) is 9.52. The molecule has 0 N–H and O–H groups in total. The number of carbonyl (C=O) groups excluding carboxylic acids is 1. The van der Waals surface area contributed by atoms with Crippen molar-refractivity contribution in [3.8, 4) is 0 Å². The van der Waals surface area contributed by atoms with Crippen LogP contribution in [-0.2, 0) is 10.2 Å². The minimum atomic E-state index is -0.417. The molecule has 0 bridgehead atoms.